The van der Waals surface area contributed by atoms with Crippen molar-refractivity contribution >= 4 is 9.84 Å². The van der Waals surface area contributed by atoms with Crippen molar-refractivity contribution in [2.75, 3.05) is 11.5 Å². The van der Waals surface area contributed by atoms with Gasteiger partial charge in [0.05, 0.1) is 17.7 Å². The maximum atomic E-state index is 11.2. The molecule has 0 radical (unpaired) electrons. The molecule has 5 nitrogen and oxygen atoms in total. The van der Waals surface area contributed by atoms with E-state index in [-0.39, 0.29) is 24.0 Å². The molecular weight excluding hydrogens is 218 g/mol. The molecule has 15 heavy (non-hydrogen) atoms. The van der Waals surface area contributed by atoms with Crippen LogP contribution in [0.3, 0.4) is 0 Å². The first-order chi connectivity index (χ1) is 7.11. The minimum absolute atomic E-state index is 0.0776. The van der Waals surface area contributed by atoms with Crippen molar-refractivity contribution in [1.29, 1.82) is 0 Å². The first-order valence-electron chi connectivity index (χ1n) is 4.86. The standard InChI is InChI=1S/C9H13NO4S/c11-6-8-5-10-9(14-8)7-1-3-15(12,13)4-2-7/h5,7,11H,1-4,6H2. The molecule has 1 aromatic heterocycles. The van der Waals surface area contributed by atoms with Crippen LogP contribution in [0, 0.1) is 0 Å². The lowest BCUT2D eigenvalue weighted by molar-refractivity contribution is 0.240. The van der Waals surface area contributed by atoms with E-state index in [1.165, 1.54) is 6.20 Å². The predicted octanol–water partition coefficient (Wildman–Crippen LogP) is 0.459. The highest BCUT2D eigenvalue weighted by atomic mass is 32.2. The van der Waals surface area contributed by atoms with E-state index in [2.05, 4.69) is 4.98 Å². The summed E-state index contributed by atoms with van der Waals surface area (Å²) in [7, 11) is -2.84. The van der Waals surface area contributed by atoms with Crippen LogP contribution >= 0.6 is 0 Å². The number of aromatic nitrogens is 1. The van der Waals surface area contributed by atoms with Gasteiger partial charge >= 0.3 is 0 Å². The van der Waals surface area contributed by atoms with E-state index in [4.69, 9.17) is 9.52 Å². The summed E-state index contributed by atoms with van der Waals surface area (Å²) in [6.07, 6.45) is 2.61. The highest BCUT2D eigenvalue weighted by Crippen LogP contribution is 2.28. The molecule has 2 rings (SSSR count). The molecule has 0 saturated carbocycles. The van der Waals surface area contributed by atoms with Crippen LogP contribution in [0.1, 0.15) is 30.4 Å². The Bertz CT molecular complexity index is 423. The third-order valence-electron chi connectivity index (χ3n) is 2.63. The molecule has 2 heterocycles. The molecule has 0 unspecified atom stereocenters. The molecule has 1 saturated heterocycles. The van der Waals surface area contributed by atoms with E-state index in [0.29, 0.717) is 24.5 Å². The second-order valence-electron chi connectivity index (χ2n) is 3.75. The lowest BCUT2D eigenvalue weighted by Crippen LogP contribution is -2.22. The van der Waals surface area contributed by atoms with Crippen molar-refractivity contribution in [3.8, 4) is 0 Å². The summed E-state index contributed by atoms with van der Waals surface area (Å²) < 4.78 is 27.7. The molecule has 1 aliphatic heterocycles. The molecule has 1 aromatic rings. The van der Waals surface area contributed by atoms with Gasteiger partial charge in [0.1, 0.15) is 22.2 Å². The van der Waals surface area contributed by atoms with Crippen LogP contribution in [-0.2, 0) is 16.4 Å². The Morgan fingerprint density at radius 1 is 1.47 bits per heavy atom. The number of aliphatic hydroxyl groups excluding tert-OH is 1. The molecular formula is C9H13NO4S. The Balaban J connectivity index is 2.07. The molecule has 0 spiro atoms. The first kappa shape index (κ1) is 10.6. The molecule has 0 amide bonds. The summed E-state index contributed by atoms with van der Waals surface area (Å²) in [6, 6.07) is 0. The van der Waals surface area contributed by atoms with Crippen LogP contribution in [-0.4, -0.2) is 30.0 Å². The monoisotopic (exact) mass is 231 g/mol. The average Bonchev–Trinajstić information content (AvgIpc) is 2.66. The summed E-state index contributed by atoms with van der Waals surface area (Å²) in [5.41, 5.74) is 0. The predicted molar refractivity (Wildman–Crippen MR) is 53.1 cm³/mol. The number of aliphatic hydroxyl groups is 1. The lowest BCUT2D eigenvalue weighted by atomic mass is 10.0. The molecule has 1 aliphatic rings. The molecule has 1 fully saturated rings. The smallest absolute Gasteiger partial charge is 0.197 e. The minimum Gasteiger partial charge on any atom is -0.443 e. The van der Waals surface area contributed by atoms with Crippen molar-refractivity contribution in [2.24, 2.45) is 0 Å². The van der Waals surface area contributed by atoms with Gasteiger partial charge in [-0.2, -0.15) is 0 Å². The van der Waals surface area contributed by atoms with Crippen molar-refractivity contribution in [3.05, 3.63) is 17.8 Å². The molecule has 0 atom stereocenters. The zero-order valence-electron chi connectivity index (χ0n) is 8.22. The molecule has 0 bridgehead atoms. The highest BCUT2D eigenvalue weighted by Gasteiger charge is 2.27. The van der Waals surface area contributed by atoms with E-state index < -0.39 is 9.84 Å². The van der Waals surface area contributed by atoms with Gasteiger partial charge in [-0.3, -0.25) is 0 Å². The van der Waals surface area contributed by atoms with Gasteiger partial charge in [-0.25, -0.2) is 13.4 Å². The number of hydrogen-bond donors (Lipinski definition) is 1. The average molecular weight is 231 g/mol. The van der Waals surface area contributed by atoms with Crippen molar-refractivity contribution < 1.29 is 17.9 Å². The lowest BCUT2D eigenvalue weighted by Gasteiger charge is -2.18. The normalized spacial score (nSPS) is 21.7. The van der Waals surface area contributed by atoms with Gasteiger partial charge in [-0.15, -0.1) is 0 Å². The Labute approximate surface area is 88.0 Å². The van der Waals surface area contributed by atoms with Gasteiger partial charge in [0, 0.05) is 5.92 Å². The van der Waals surface area contributed by atoms with Crippen LogP contribution in [0.4, 0.5) is 0 Å². The third kappa shape index (κ3) is 2.38. The first-order valence-corrected chi connectivity index (χ1v) is 6.69. The van der Waals surface area contributed by atoms with Gasteiger partial charge in [0.15, 0.2) is 5.89 Å². The maximum absolute atomic E-state index is 11.2. The van der Waals surface area contributed by atoms with E-state index in [1.54, 1.807) is 0 Å². The maximum Gasteiger partial charge on any atom is 0.197 e. The molecule has 6 heteroatoms. The SMILES string of the molecule is O=S1(=O)CCC(c2ncc(CO)o2)CC1. The van der Waals surface area contributed by atoms with Crippen LogP contribution < -0.4 is 0 Å². The fraction of sp³-hybridized carbons (Fsp3) is 0.667. The Morgan fingerprint density at radius 2 is 2.13 bits per heavy atom. The van der Waals surface area contributed by atoms with E-state index in [1.807, 2.05) is 0 Å². The summed E-state index contributed by atoms with van der Waals surface area (Å²) in [5, 5.41) is 8.80. The molecule has 84 valence electrons. The van der Waals surface area contributed by atoms with Gasteiger partial charge in [-0.1, -0.05) is 0 Å². The van der Waals surface area contributed by atoms with Crippen LogP contribution in [0.25, 0.3) is 0 Å². The number of nitrogens with zero attached hydrogens (tertiary/aromatic N) is 1. The van der Waals surface area contributed by atoms with Gasteiger partial charge in [-0.05, 0) is 12.8 Å². The Morgan fingerprint density at radius 3 is 2.67 bits per heavy atom. The fourth-order valence-corrected chi connectivity index (χ4v) is 3.21. The van der Waals surface area contributed by atoms with E-state index in [0.717, 1.165) is 0 Å². The van der Waals surface area contributed by atoms with Crippen molar-refractivity contribution in [2.45, 2.75) is 25.4 Å². The van der Waals surface area contributed by atoms with Crippen molar-refractivity contribution in [3.63, 3.8) is 0 Å². The van der Waals surface area contributed by atoms with Gasteiger partial charge < -0.3 is 9.52 Å². The van der Waals surface area contributed by atoms with E-state index >= 15 is 0 Å². The number of rotatable bonds is 2. The second-order valence-corrected chi connectivity index (χ2v) is 6.05. The van der Waals surface area contributed by atoms with Crippen LogP contribution in [0.5, 0.6) is 0 Å². The largest absolute Gasteiger partial charge is 0.443 e. The molecule has 0 aromatic carbocycles. The summed E-state index contributed by atoms with van der Waals surface area (Å²) in [6.45, 7) is -0.169. The summed E-state index contributed by atoms with van der Waals surface area (Å²) >= 11 is 0. The zero-order valence-corrected chi connectivity index (χ0v) is 9.03. The Kier molecular flexibility index (Phi) is 2.79. The molecule has 0 aliphatic carbocycles. The van der Waals surface area contributed by atoms with Crippen LogP contribution in [0.2, 0.25) is 0 Å². The quantitative estimate of drug-likeness (QED) is 0.799. The van der Waals surface area contributed by atoms with Crippen LogP contribution in [0.15, 0.2) is 10.6 Å². The highest BCUT2D eigenvalue weighted by molar-refractivity contribution is 7.91. The summed E-state index contributed by atoms with van der Waals surface area (Å²) in [5.74, 6) is 1.46. The summed E-state index contributed by atoms with van der Waals surface area (Å²) in [4.78, 5) is 4.04. The van der Waals surface area contributed by atoms with Crippen molar-refractivity contribution in [1.82, 2.24) is 4.98 Å². The Hall–Kier alpha value is -0.880. The molecule has 1 N–H and O–H groups in total. The minimum atomic E-state index is -2.84. The van der Waals surface area contributed by atoms with Gasteiger partial charge in [0.2, 0.25) is 0 Å². The van der Waals surface area contributed by atoms with Gasteiger partial charge in [0.25, 0.3) is 0 Å². The van der Waals surface area contributed by atoms with E-state index in [9.17, 15) is 8.42 Å². The number of hydrogen-bond acceptors (Lipinski definition) is 5. The topological polar surface area (TPSA) is 80.4 Å². The second kappa shape index (κ2) is 3.94. The number of sulfone groups is 1. The fourth-order valence-electron chi connectivity index (χ4n) is 1.72. The third-order valence-corrected chi connectivity index (χ3v) is 4.35. The number of oxazole rings is 1. The zero-order chi connectivity index (χ0) is 10.9.